The van der Waals surface area contributed by atoms with E-state index in [1.807, 2.05) is 30.0 Å². The Balaban J connectivity index is 1.72. The lowest BCUT2D eigenvalue weighted by atomic mass is 9.85. The Labute approximate surface area is 112 Å². The maximum Gasteiger partial charge on any atom is 0.137 e. The number of para-hydroxylation sites is 1. The van der Waals surface area contributed by atoms with E-state index in [4.69, 9.17) is 4.74 Å². The van der Waals surface area contributed by atoms with E-state index in [9.17, 15) is 4.79 Å². The third-order valence-electron chi connectivity index (χ3n) is 3.92. The zero-order chi connectivity index (χ0) is 12.4. The summed E-state index contributed by atoms with van der Waals surface area (Å²) in [5, 5.41) is 0. The Kier molecular flexibility index (Phi) is 3.59. The van der Waals surface area contributed by atoms with Gasteiger partial charge in [-0.3, -0.25) is 4.79 Å². The summed E-state index contributed by atoms with van der Waals surface area (Å²) < 4.78 is 5.65. The quantitative estimate of drug-likeness (QED) is 0.836. The lowest BCUT2D eigenvalue weighted by Gasteiger charge is -2.26. The molecular weight excluding hydrogens is 244 g/mol. The fraction of sp³-hybridized carbons (Fsp3) is 0.533. The smallest absolute Gasteiger partial charge is 0.137 e. The molecule has 1 aromatic rings. The highest BCUT2D eigenvalue weighted by molar-refractivity contribution is 7.99. The van der Waals surface area contributed by atoms with Crippen LogP contribution in [-0.2, 0) is 4.79 Å². The Morgan fingerprint density at radius 2 is 2.22 bits per heavy atom. The van der Waals surface area contributed by atoms with Gasteiger partial charge >= 0.3 is 0 Å². The first-order valence-corrected chi connectivity index (χ1v) is 7.82. The van der Waals surface area contributed by atoms with Gasteiger partial charge in [0.1, 0.15) is 11.5 Å². The predicted molar refractivity (Wildman–Crippen MR) is 74.4 cm³/mol. The van der Waals surface area contributed by atoms with Crippen molar-refractivity contribution in [1.29, 1.82) is 0 Å². The first-order valence-electron chi connectivity index (χ1n) is 6.67. The Morgan fingerprint density at radius 3 is 3.06 bits per heavy atom. The van der Waals surface area contributed by atoms with E-state index in [1.54, 1.807) is 0 Å². The number of hydrogen-bond acceptors (Lipinski definition) is 3. The van der Waals surface area contributed by atoms with Gasteiger partial charge in [0, 0.05) is 18.1 Å². The minimum Gasteiger partial charge on any atom is -0.493 e. The summed E-state index contributed by atoms with van der Waals surface area (Å²) in [4.78, 5) is 12.3. The zero-order valence-corrected chi connectivity index (χ0v) is 11.2. The molecule has 18 heavy (non-hydrogen) atoms. The molecule has 0 bridgehead atoms. The third kappa shape index (κ3) is 2.41. The van der Waals surface area contributed by atoms with Gasteiger partial charge in [0.2, 0.25) is 0 Å². The van der Waals surface area contributed by atoms with Crippen LogP contribution >= 0.6 is 11.8 Å². The van der Waals surface area contributed by atoms with E-state index in [-0.39, 0.29) is 0 Å². The van der Waals surface area contributed by atoms with Gasteiger partial charge in [-0.25, -0.2) is 0 Å². The maximum atomic E-state index is 12.3. The summed E-state index contributed by atoms with van der Waals surface area (Å²) in [5.74, 6) is 4.30. The highest BCUT2D eigenvalue weighted by Crippen LogP contribution is 2.37. The second-order valence-electron chi connectivity index (χ2n) is 5.10. The van der Waals surface area contributed by atoms with Crippen LogP contribution in [0.2, 0.25) is 0 Å². The second-order valence-corrected chi connectivity index (χ2v) is 6.25. The molecule has 1 aromatic carbocycles. The highest BCUT2D eigenvalue weighted by atomic mass is 32.2. The van der Waals surface area contributed by atoms with Gasteiger partial charge in [-0.15, -0.1) is 0 Å². The molecule has 2 aliphatic heterocycles. The molecule has 0 saturated carbocycles. The van der Waals surface area contributed by atoms with Gasteiger partial charge in [0.05, 0.1) is 6.61 Å². The van der Waals surface area contributed by atoms with Crippen LogP contribution in [0.25, 0.3) is 0 Å². The molecule has 3 rings (SSSR count). The molecule has 3 heteroatoms. The van der Waals surface area contributed by atoms with E-state index in [0.717, 1.165) is 36.7 Å². The van der Waals surface area contributed by atoms with Gasteiger partial charge in [-0.2, -0.15) is 11.8 Å². The molecule has 2 heterocycles. The van der Waals surface area contributed by atoms with E-state index in [1.165, 1.54) is 5.56 Å². The summed E-state index contributed by atoms with van der Waals surface area (Å²) in [5.41, 5.74) is 1.22. The molecule has 0 aromatic heterocycles. The number of carbonyl (C=O) groups excluding carboxylic acids is 1. The van der Waals surface area contributed by atoms with Gasteiger partial charge in [-0.05, 0) is 36.1 Å². The molecule has 96 valence electrons. The van der Waals surface area contributed by atoms with Crippen molar-refractivity contribution in [2.24, 2.45) is 5.92 Å². The summed E-state index contributed by atoms with van der Waals surface area (Å²) in [6.07, 6.45) is 2.75. The van der Waals surface area contributed by atoms with Gasteiger partial charge in [0.15, 0.2) is 0 Å². The molecule has 2 atom stereocenters. The molecule has 1 fully saturated rings. The summed E-state index contributed by atoms with van der Waals surface area (Å²) >= 11 is 1.91. The monoisotopic (exact) mass is 262 g/mol. The molecule has 0 N–H and O–H groups in total. The Hall–Kier alpha value is -0.960. The molecule has 2 unspecified atom stereocenters. The second kappa shape index (κ2) is 5.35. The molecule has 0 spiro atoms. The lowest BCUT2D eigenvalue weighted by Crippen LogP contribution is -2.21. The molecule has 0 radical (unpaired) electrons. The minimum absolute atomic E-state index is 0.310. The largest absolute Gasteiger partial charge is 0.493 e. The number of fused-ring (bicyclic) bond motifs is 1. The number of thioether (sulfide) groups is 1. The highest BCUT2D eigenvalue weighted by Gasteiger charge is 2.28. The molecule has 0 amide bonds. The van der Waals surface area contributed by atoms with Crippen molar-refractivity contribution < 1.29 is 9.53 Å². The van der Waals surface area contributed by atoms with Crippen LogP contribution in [-0.4, -0.2) is 23.9 Å². The zero-order valence-electron chi connectivity index (χ0n) is 10.4. The van der Waals surface area contributed by atoms with E-state index >= 15 is 0 Å². The molecule has 1 saturated heterocycles. The third-order valence-corrected chi connectivity index (χ3v) is 5.08. The van der Waals surface area contributed by atoms with Crippen LogP contribution < -0.4 is 4.74 Å². The number of carbonyl (C=O) groups is 1. The number of Topliss-reactive ketones (excluding diaryl/α,β-unsaturated/α-hetero) is 1. The van der Waals surface area contributed by atoms with Crippen LogP contribution in [0.3, 0.4) is 0 Å². The fourth-order valence-electron chi connectivity index (χ4n) is 2.83. The van der Waals surface area contributed by atoms with Crippen LogP contribution in [0, 0.1) is 5.92 Å². The van der Waals surface area contributed by atoms with Crippen molar-refractivity contribution in [1.82, 2.24) is 0 Å². The number of benzene rings is 1. The molecular formula is C15H18O2S. The molecule has 2 nitrogen and oxygen atoms in total. The van der Waals surface area contributed by atoms with E-state index < -0.39 is 0 Å². The first kappa shape index (κ1) is 12.1. The predicted octanol–water partition coefficient (Wildman–Crippen LogP) is 3.27. The van der Waals surface area contributed by atoms with Crippen molar-refractivity contribution in [2.45, 2.75) is 25.2 Å². The number of rotatable bonds is 3. The van der Waals surface area contributed by atoms with E-state index in [2.05, 4.69) is 6.07 Å². The van der Waals surface area contributed by atoms with Crippen LogP contribution in [0.4, 0.5) is 0 Å². The van der Waals surface area contributed by atoms with Crippen LogP contribution in [0.1, 0.15) is 30.7 Å². The van der Waals surface area contributed by atoms with Crippen molar-refractivity contribution in [3.05, 3.63) is 29.8 Å². The van der Waals surface area contributed by atoms with Crippen molar-refractivity contribution in [2.75, 3.05) is 18.1 Å². The summed E-state index contributed by atoms with van der Waals surface area (Å²) in [6, 6.07) is 8.15. The summed E-state index contributed by atoms with van der Waals surface area (Å²) in [7, 11) is 0. The van der Waals surface area contributed by atoms with Crippen LogP contribution in [0.5, 0.6) is 5.75 Å². The Morgan fingerprint density at radius 1 is 1.33 bits per heavy atom. The average Bonchev–Trinajstić information content (AvgIpc) is 2.93. The molecule has 2 aliphatic rings. The minimum atomic E-state index is 0.310. The van der Waals surface area contributed by atoms with Crippen molar-refractivity contribution in [3.8, 4) is 5.75 Å². The Bertz CT molecular complexity index is 438. The SMILES string of the molecule is O=C(CC1CCOc2ccccc21)C1CCSC1. The van der Waals surface area contributed by atoms with Crippen molar-refractivity contribution >= 4 is 17.5 Å². The fourth-order valence-corrected chi connectivity index (χ4v) is 4.08. The van der Waals surface area contributed by atoms with Gasteiger partial charge in [0.25, 0.3) is 0 Å². The number of ether oxygens (including phenoxy) is 1. The van der Waals surface area contributed by atoms with Gasteiger partial charge in [-0.1, -0.05) is 18.2 Å². The number of ketones is 1. The normalized spacial score (nSPS) is 26.4. The summed E-state index contributed by atoms with van der Waals surface area (Å²) in [6.45, 7) is 0.744. The van der Waals surface area contributed by atoms with Crippen molar-refractivity contribution in [3.63, 3.8) is 0 Å². The maximum absolute atomic E-state index is 12.3. The van der Waals surface area contributed by atoms with Crippen LogP contribution in [0.15, 0.2) is 24.3 Å². The standard InChI is InChI=1S/C15H18O2S/c16-14(12-6-8-18-10-12)9-11-5-7-17-15-4-2-1-3-13(11)15/h1-4,11-12H,5-10H2. The number of hydrogen-bond donors (Lipinski definition) is 0. The van der Waals surface area contributed by atoms with E-state index in [0.29, 0.717) is 24.0 Å². The molecule has 0 aliphatic carbocycles. The topological polar surface area (TPSA) is 26.3 Å². The lowest BCUT2D eigenvalue weighted by molar-refractivity contribution is -0.122. The average molecular weight is 262 g/mol. The van der Waals surface area contributed by atoms with Gasteiger partial charge < -0.3 is 4.74 Å². The first-order chi connectivity index (χ1) is 8.84.